The summed E-state index contributed by atoms with van der Waals surface area (Å²) in [6.45, 7) is 18.0. The zero-order chi connectivity index (χ0) is 28.8. The summed E-state index contributed by atoms with van der Waals surface area (Å²) < 4.78 is 0. The molecule has 0 atom stereocenters. The van der Waals surface area contributed by atoms with Crippen LogP contribution in [0.5, 0.6) is 0 Å². The van der Waals surface area contributed by atoms with Crippen LogP contribution in [-0.2, 0) is 40.8 Å². The van der Waals surface area contributed by atoms with Crippen molar-refractivity contribution >= 4 is 73.4 Å². The predicted molar refractivity (Wildman–Crippen MR) is 200 cm³/mol. The van der Waals surface area contributed by atoms with Gasteiger partial charge in [0, 0.05) is 53.2 Å². The second-order valence-corrected chi connectivity index (χ2v) is 11.7. The van der Waals surface area contributed by atoms with E-state index in [-0.39, 0.29) is 90.5 Å². The number of aliphatic imine (C=N–C) groups is 2. The first-order valence-electron chi connectivity index (χ1n) is 14.4. The third-order valence-corrected chi connectivity index (χ3v) is 7.19. The summed E-state index contributed by atoms with van der Waals surface area (Å²) in [6, 6.07) is 21.2. The Bertz CT molecular complexity index is 1340. The molecule has 0 amide bonds. The molecule has 2 heterocycles. The van der Waals surface area contributed by atoms with Gasteiger partial charge >= 0.3 is 0 Å². The average molecular weight is 889 g/mol. The summed E-state index contributed by atoms with van der Waals surface area (Å²) in [5.74, 6) is 1.30. The van der Waals surface area contributed by atoms with E-state index < -0.39 is 0 Å². The second-order valence-electron chi connectivity index (χ2n) is 11.7. The van der Waals surface area contributed by atoms with Gasteiger partial charge in [-0.25, -0.2) is 0 Å². The first kappa shape index (κ1) is 49.0. The fraction of sp³-hybridized carbons (Fsp3) is 0.333. The molecule has 2 aromatic heterocycles. The largest absolute Gasteiger partial charge is 0.255 e. The van der Waals surface area contributed by atoms with E-state index in [1.165, 1.54) is 33.4 Å². The normalized spacial score (nSPS) is 10.6. The topological polar surface area (TPSA) is 50.5 Å². The Labute approximate surface area is 328 Å². The number of aromatic nitrogens is 2. The van der Waals surface area contributed by atoms with Gasteiger partial charge in [0.25, 0.3) is 0 Å². The smallest absolute Gasteiger partial charge is 0.0812 e. The summed E-state index contributed by atoms with van der Waals surface area (Å²) in [7, 11) is 0. The third kappa shape index (κ3) is 12.5. The van der Waals surface area contributed by atoms with E-state index >= 15 is 0 Å². The van der Waals surface area contributed by atoms with Gasteiger partial charge in [-0.2, -0.15) is 0 Å². The molecule has 0 aliphatic carbocycles. The van der Waals surface area contributed by atoms with Crippen molar-refractivity contribution in [3.8, 4) is 11.1 Å². The fourth-order valence-electron chi connectivity index (χ4n) is 4.92. The van der Waals surface area contributed by atoms with Crippen LogP contribution in [0.3, 0.4) is 0 Å². The van der Waals surface area contributed by atoms with Gasteiger partial charge in [0.05, 0.1) is 35.2 Å². The number of rotatable bonds is 9. The van der Waals surface area contributed by atoms with E-state index in [0.29, 0.717) is 23.7 Å². The molecule has 0 fully saturated rings. The van der Waals surface area contributed by atoms with Gasteiger partial charge in [-0.05, 0) is 106 Å². The van der Waals surface area contributed by atoms with Crippen LogP contribution in [0.4, 0.5) is 11.4 Å². The zero-order valence-corrected chi connectivity index (χ0v) is 33.8. The van der Waals surface area contributed by atoms with Crippen LogP contribution in [0.2, 0.25) is 0 Å². The summed E-state index contributed by atoms with van der Waals surface area (Å²) in [4.78, 5) is 18.9. The summed E-state index contributed by atoms with van der Waals surface area (Å²) >= 11 is 0. The van der Waals surface area contributed by atoms with Gasteiger partial charge in [-0.15, -0.1) is 49.6 Å². The number of hydrogen-bond acceptors (Lipinski definition) is 4. The summed E-state index contributed by atoms with van der Waals surface area (Å²) in [5, 5.41) is 0. The SMILES string of the molecule is CC(C)c1cc(-c2cc(C(C)C)c(N=Cc3ccccn3)c(C(C)C)c2)cc(C(C)C)c1N=Cc1ccccn1.Cl.Cl.Cl.Cl.[Pd].[Pd]. The van der Waals surface area contributed by atoms with Crippen LogP contribution in [-0.4, -0.2) is 22.4 Å². The van der Waals surface area contributed by atoms with Crippen molar-refractivity contribution in [2.24, 2.45) is 9.98 Å². The molecule has 4 aromatic rings. The van der Waals surface area contributed by atoms with E-state index in [2.05, 4.69) is 89.6 Å². The second kappa shape index (κ2) is 23.0. The van der Waals surface area contributed by atoms with E-state index in [1.807, 2.05) is 48.8 Å². The van der Waals surface area contributed by atoms with Gasteiger partial charge in [0.2, 0.25) is 0 Å². The molecule has 0 aliphatic heterocycles. The number of hydrogen-bond donors (Lipinski definition) is 0. The Morgan fingerprint density at radius 1 is 0.478 bits per heavy atom. The number of pyridine rings is 2. The molecule has 46 heavy (non-hydrogen) atoms. The van der Waals surface area contributed by atoms with Crippen LogP contribution < -0.4 is 0 Å². The molecule has 0 radical (unpaired) electrons. The van der Waals surface area contributed by atoms with E-state index in [0.717, 1.165) is 22.8 Å². The van der Waals surface area contributed by atoms with Crippen molar-refractivity contribution in [2.75, 3.05) is 0 Å². The monoisotopic (exact) mass is 886 g/mol. The van der Waals surface area contributed by atoms with Crippen molar-refractivity contribution in [1.82, 2.24) is 9.97 Å². The first-order valence-corrected chi connectivity index (χ1v) is 14.4. The van der Waals surface area contributed by atoms with Crippen molar-refractivity contribution in [3.63, 3.8) is 0 Å². The third-order valence-electron chi connectivity index (χ3n) is 7.19. The van der Waals surface area contributed by atoms with Gasteiger partial charge in [-0.3, -0.25) is 20.0 Å². The minimum atomic E-state index is 0. The van der Waals surface area contributed by atoms with Crippen LogP contribution in [0.1, 0.15) is 113 Å². The van der Waals surface area contributed by atoms with Gasteiger partial charge in [-0.1, -0.05) is 67.5 Å². The molecule has 0 bridgehead atoms. The van der Waals surface area contributed by atoms with Gasteiger partial charge in [0.15, 0.2) is 0 Å². The standard InChI is InChI=1S/C36H42N4.4ClH.2Pd/c1-23(2)31-17-27(18-32(24(3)4)35(31)39-21-29-13-9-11-15-37-29)28-19-33(25(5)6)36(34(20-28)26(7)8)40-22-30-14-10-12-16-38-30;;;;;;/h9-26H,1-8H3;4*1H;;. The van der Waals surface area contributed by atoms with Crippen LogP contribution in [0.25, 0.3) is 11.1 Å². The zero-order valence-electron chi connectivity index (χ0n) is 27.4. The maximum absolute atomic E-state index is 5.00. The molecule has 0 aliphatic rings. The maximum atomic E-state index is 5.00. The van der Waals surface area contributed by atoms with E-state index in [4.69, 9.17) is 9.98 Å². The molecule has 0 saturated carbocycles. The summed E-state index contributed by atoms with van der Waals surface area (Å²) in [6.07, 6.45) is 7.38. The Hall–Kier alpha value is -1.44. The molecule has 4 nitrogen and oxygen atoms in total. The van der Waals surface area contributed by atoms with Gasteiger partial charge < -0.3 is 0 Å². The quantitative estimate of drug-likeness (QED) is 0.124. The molecule has 2 aromatic carbocycles. The van der Waals surface area contributed by atoms with Crippen molar-refractivity contribution in [2.45, 2.75) is 79.1 Å². The number of nitrogens with zero attached hydrogens (tertiary/aromatic N) is 4. The number of benzene rings is 2. The minimum Gasteiger partial charge on any atom is -0.255 e. The average Bonchev–Trinajstić information content (AvgIpc) is 2.95. The number of halogens is 4. The molecule has 0 N–H and O–H groups in total. The predicted octanol–water partition coefficient (Wildman–Crippen LogP) is 11.8. The first-order chi connectivity index (χ1) is 19.2. The minimum absolute atomic E-state index is 0. The molecular weight excluding hydrogens is 843 g/mol. The van der Waals surface area contributed by atoms with Crippen molar-refractivity contribution in [1.29, 1.82) is 0 Å². The Kier molecular flexibility index (Phi) is 24.5. The molecular formula is C36H46Cl4N4Pd2. The van der Waals surface area contributed by atoms with Crippen molar-refractivity contribution in [3.05, 3.63) is 107 Å². The van der Waals surface area contributed by atoms with Crippen LogP contribution in [0.15, 0.2) is 83.0 Å². The Morgan fingerprint density at radius 3 is 0.978 bits per heavy atom. The molecule has 258 valence electrons. The molecule has 0 unspecified atom stereocenters. The van der Waals surface area contributed by atoms with E-state index in [9.17, 15) is 0 Å². The fourth-order valence-corrected chi connectivity index (χ4v) is 4.92. The van der Waals surface area contributed by atoms with Gasteiger partial charge in [0.1, 0.15) is 0 Å². The molecule has 0 spiro atoms. The Morgan fingerprint density at radius 2 is 0.761 bits per heavy atom. The molecule has 4 rings (SSSR count). The van der Waals surface area contributed by atoms with Crippen LogP contribution in [0, 0.1) is 0 Å². The van der Waals surface area contributed by atoms with Crippen molar-refractivity contribution < 1.29 is 40.8 Å². The van der Waals surface area contributed by atoms with Crippen LogP contribution >= 0.6 is 49.6 Å². The molecule has 0 saturated heterocycles. The summed E-state index contributed by atoms with van der Waals surface area (Å²) in [5.41, 5.74) is 11.3. The molecule has 10 heteroatoms. The maximum Gasteiger partial charge on any atom is 0.0812 e. The van der Waals surface area contributed by atoms with E-state index in [1.54, 1.807) is 12.4 Å². The Balaban J connectivity index is -0.00000308.